The highest BCUT2D eigenvalue weighted by atomic mass is 16.2. The maximum absolute atomic E-state index is 12.3. The lowest BCUT2D eigenvalue weighted by molar-refractivity contribution is -0.132. The second-order valence-corrected chi connectivity index (χ2v) is 6.43. The predicted octanol–water partition coefficient (Wildman–Crippen LogP) is 2.14. The molecule has 0 spiro atoms. The first-order valence-corrected chi connectivity index (χ1v) is 8.83. The van der Waals surface area contributed by atoms with Crippen LogP contribution in [0.2, 0.25) is 0 Å². The van der Waals surface area contributed by atoms with E-state index in [1.807, 2.05) is 39.0 Å². The van der Waals surface area contributed by atoms with Gasteiger partial charge in [-0.3, -0.25) is 9.59 Å². The highest BCUT2D eigenvalue weighted by Gasteiger charge is 2.24. The number of urea groups is 1. The number of hydrogen-bond acceptors (Lipinski definition) is 3. The molecular weight excluding hydrogens is 318 g/mol. The average molecular weight is 345 g/mol. The minimum atomic E-state index is -0.0838. The van der Waals surface area contributed by atoms with Crippen molar-refractivity contribution in [2.45, 2.75) is 33.6 Å². The molecule has 0 unspecified atom stereocenters. The van der Waals surface area contributed by atoms with E-state index < -0.39 is 0 Å². The molecule has 0 aromatic heterocycles. The molecule has 1 aromatic carbocycles. The van der Waals surface area contributed by atoms with E-state index >= 15 is 0 Å². The minimum Gasteiger partial charge on any atom is -0.339 e. The standard InChI is InChI=1S/C19H27N3O3/c1-4-20-19(25)22-11-9-21(10-12-22)18(24)8-7-17(23)16-6-5-14(2)15(3)13-16/h5-6,13H,4,7-12H2,1-3H3,(H,20,25). The molecule has 1 aromatic rings. The van der Waals surface area contributed by atoms with Gasteiger partial charge in [-0.1, -0.05) is 12.1 Å². The third-order valence-electron chi connectivity index (χ3n) is 4.64. The van der Waals surface area contributed by atoms with Gasteiger partial charge in [0.25, 0.3) is 0 Å². The summed E-state index contributed by atoms with van der Waals surface area (Å²) in [5.41, 5.74) is 2.90. The highest BCUT2D eigenvalue weighted by Crippen LogP contribution is 2.13. The third kappa shape index (κ3) is 5.05. The second-order valence-electron chi connectivity index (χ2n) is 6.43. The van der Waals surface area contributed by atoms with E-state index in [0.717, 1.165) is 11.1 Å². The molecule has 136 valence electrons. The van der Waals surface area contributed by atoms with E-state index in [1.54, 1.807) is 9.80 Å². The number of carbonyl (C=O) groups is 3. The number of rotatable bonds is 5. The van der Waals surface area contributed by atoms with Crippen LogP contribution in [-0.2, 0) is 4.79 Å². The lowest BCUT2D eigenvalue weighted by Gasteiger charge is -2.34. The Labute approximate surface area is 149 Å². The van der Waals surface area contributed by atoms with Gasteiger partial charge in [-0.05, 0) is 38.0 Å². The zero-order chi connectivity index (χ0) is 18.4. The van der Waals surface area contributed by atoms with Crippen LogP contribution in [0.4, 0.5) is 4.79 Å². The van der Waals surface area contributed by atoms with Gasteiger partial charge < -0.3 is 15.1 Å². The summed E-state index contributed by atoms with van der Waals surface area (Å²) in [4.78, 5) is 39.8. The number of ketones is 1. The van der Waals surface area contributed by atoms with Crippen LogP contribution in [0.25, 0.3) is 0 Å². The molecule has 3 amide bonds. The molecule has 0 aliphatic carbocycles. The third-order valence-corrected chi connectivity index (χ3v) is 4.64. The van der Waals surface area contributed by atoms with E-state index in [2.05, 4.69) is 5.32 Å². The molecular formula is C19H27N3O3. The summed E-state index contributed by atoms with van der Waals surface area (Å²) < 4.78 is 0. The van der Waals surface area contributed by atoms with Gasteiger partial charge in [0.2, 0.25) is 5.91 Å². The first-order valence-electron chi connectivity index (χ1n) is 8.83. The molecule has 0 radical (unpaired) electrons. The van der Waals surface area contributed by atoms with E-state index in [9.17, 15) is 14.4 Å². The van der Waals surface area contributed by atoms with Crippen molar-refractivity contribution >= 4 is 17.7 Å². The molecule has 0 saturated carbocycles. The van der Waals surface area contributed by atoms with Gasteiger partial charge in [0, 0.05) is 51.1 Å². The number of hydrogen-bond donors (Lipinski definition) is 1. The Balaban J connectivity index is 1.80. The van der Waals surface area contributed by atoms with Crippen LogP contribution in [-0.4, -0.2) is 60.2 Å². The predicted molar refractivity (Wildman–Crippen MR) is 96.7 cm³/mol. The van der Waals surface area contributed by atoms with Crippen molar-refractivity contribution in [1.82, 2.24) is 15.1 Å². The molecule has 1 fully saturated rings. The van der Waals surface area contributed by atoms with Crippen molar-refractivity contribution in [3.8, 4) is 0 Å². The lowest BCUT2D eigenvalue weighted by atomic mass is 10.0. The summed E-state index contributed by atoms with van der Waals surface area (Å²) in [5.74, 6) is -0.0230. The maximum atomic E-state index is 12.3. The summed E-state index contributed by atoms with van der Waals surface area (Å²) >= 11 is 0. The Morgan fingerprint density at radius 3 is 2.20 bits per heavy atom. The van der Waals surface area contributed by atoms with Crippen LogP contribution in [0.15, 0.2) is 18.2 Å². The molecule has 2 rings (SSSR count). The number of benzene rings is 1. The van der Waals surface area contributed by atoms with Gasteiger partial charge in [-0.15, -0.1) is 0 Å². The summed E-state index contributed by atoms with van der Waals surface area (Å²) in [6.07, 6.45) is 0.435. The number of aryl methyl sites for hydroxylation is 2. The zero-order valence-corrected chi connectivity index (χ0v) is 15.3. The van der Waals surface area contributed by atoms with Crippen LogP contribution in [0.1, 0.15) is 41.3 Å². The normalized spacial score (nSPS) is 14.4. The monoisotopic (exact) mass is 345 g/mol. The van der Waals surface area contributed by atoms with Crippen molar-refractivity contribution in [2.75, 3.05) is 32.7 Å². The van der Waals surface area contributed by atoms with E-state index in [1.165, 1.54) is 0 Å². The van der Waals surface area contributed by atoms with Gasteiger partial charge in [-0.25, -0.2) is 4.79 Å². The fourth-order valence-electron chi connectivity index (χ4n) is 2.86. The number of piperazine rings is 1. The molecule has 1 aliphatic rings. The molecule has 0 atom stereocenters. The molecule has 1 N–H and O–H groups in total. The molecule has 25 heavy (non-hydrogen) atoms. The Bertz CT molecular complexity index is 649. The van der Waals surface area contributed by atoms with Gasteiger partial charge in [0.05, 0.1) is 0 Å². The SMILES string of the molecule is CCNC(=O)N1CCN(C(=O)CCC(=O)c2ccc(C)c(C)c2)CC1. The first-order chi connectivity index (χ1) is 11.9. The Morgan fingerprint density at radius 1 is 0.960 bits per heavy atom. The summed E-state index contributed by atoms with van der Waals surface area (Å²) in [7, 11) is 0. The van der Waals surface area contributed by atoms with Crippen LogP contribution in [0.5, 0.6) is 0 Å². The summed E-state index contributed by atoms with van der Waals surface area (Å²) in [6, 6.07) is 5.55. The molecule has 1 saturated heterocycles. The van der Waals surface area contributed by atoms with Crippen molar-refractivity contribution in [2.24, 2.45) is 0 Å². The molecule has 1 aliphatic heterocycles. The number of amides is 3. The summed E-state index contributed by atoms with van der Waals surface area (Å²) in [5, 5.41) is 2.76. The van der Waals surface area contributed by atoms with Crippen molar-refractivity contribution in [3.63, 3.8) is 0 Å². The van der Waals surface area contributed by atoms with Crippen molar-refractivity contribution in [3.05, 3.63) is 34.9 Å². The lowest BCUT2D eigenvalue weighted by Crippen LogP contribution is -2.53. The largest absolute Gasteiger partial charge is 0.339 e. The van der Waals surface area contributed by atoms with Gasteiger partial charge in [-0.2, -0.15) is 0 Å². The molecule has 1 heterocycles. The quantitative estimate of drug-likeness (QED) is 0.831. The van der Waals surface area contributed by atoms with Crippen LogP contribution in [0.3, 0.4) is 0 Å². The fourth-order valence-corrected chi connectivity index (χ4v) is 2.86. The number of Topliss-reactive ketones (excluding diaryl/α,β-unsaturated/α-hetero) is 1. The van der Waals surface area contributed by atoms with Gasteiger partial charge in [0.15, 0.2) is 5.78 Å². The first kappa shape index (κ1) is 19.0. The van der Waals surface area contributed by atoms with Crippen LogP contribution in [0, 0.1) is 13.8 Å². The van der Waals surface area contributed by atoms with Crippen molar-refractivity contribution in [1.29, 1.82) is 0 Å². The number of carbonyl (C=O) groups excluding carboxylic acids is 3. The number of nitrogens with one attached hydrogen (secondary N) is 1. The molecule has 6 heteroatoms. The zero-order valence-electron chi connectivity index (χ0n) is 15.3. The van der Waals surface area contributed by atoms with E-state index in [4.69, 9.17) is 0 Å². The minimum absolute atomic E-state index is 0.00240. The van der Waals surface area contributed by atoms with Crippen molar-refractivity contribution < 1.29 is 14.4 Å². The Morgan fingerprint density at radius 2 is 1.60 bits per heavy atom. The van der Waals surface area contributed by atoms with Crippen LogP contribution < -0.4 is 5.32 Å². The molecule has 0 bridgehead atoms. The van der Waals surface area contributed by atoms with Crippen LogP contribution >= 0.6 is 0 Å². The van der Waals surface area contributed by atoms with E-state index in [-0.39, 0.29) is 30.6 Å². The summed E-state index contributed by atoms with van der Waals surface area (Å²) in [6.45, 7) is 8.56. The average Bonchev–Trinajstić information content (AvgIpc) is 2.62. The topological polar surface area (TPSA) is 69.7 Å². The second kappa shape index (κ2) is 8.65. The smallest absolute Gasteiger partial charge is 0.317 e. The maximum Gasteiger partial charge on any atom is 0.317 e. The van der Waals surface area contributed by atoms with E-state index in [0.29, 0.717) is 38.3 Å². The highest BCUT2D eigenvalue weighted by molar-refractivity contribution is 5.98. The Kier molecular flexibility index (Phi) is 6.56. The number of nitrogens with zero attached hydrogens (tertiary/aromatic N) is 2. The van der Waals surface area contributed by atoms with Gasteiger partial charge in [0.1, 0.15) is 0 Å². The fraction of sp³-hybridized carbons (Fsp3) is 0.526. The Hall–Kier alpha value is -2.37. The van der Waals surface area contributed by atoms with Gasteiger partial charge >= 0.3 is 6.03 Å². The molecule has 6 nitrogen and oxygen atoms in total.